The third-order valence-electron chi connectivity index (χ3n) is 4.06. The van der Waals surface area contributed by atoms with Crippen LogP contribution in [-0.4, -0.2) is 20.2 Å². The Morgan fingerprint density at radius 2 is 1.90 bits per heavy atom. The van der Waals surface area contributed by atoms with Crippen molar-refractivity contribution in [2.24, 2.45) is 0 Å². The van der Waals surface area contributed by atoms with Gasteiger partial charge >= 0.3 is 0 Å². The Morgan fingerprint density at radius 1 is 1.10 bits per heavy atom. The number of hydrogen-bond donors (Lipinski definition) is 1. The largest absolute Gasteiger partial charge is 0.495 e. The summed E-state index contributed by atoms with van der Waals surface area (Å²) in [7, 11) is 1.66. The normalized spacial score (nSPS) is 18.2. The second-order valence-electron chi connectivity index (χ2n) is 5.24. The summed E-state index contributed by atoms with van der Waals surface area (Å²) in [6.07, 6.45) is 1.17. The van der Waals surface area contributed by atoms with Gasteiger partial charge in [-0.05, 0) is 24.1 Å². The first-order valence-corrected chi connectivity index (χ1v) is 7.02. The Kier molecular flexibility index (Phi) is 3.50. The Labute approximate surface area is 120 Å². The van der Waals surface area contributed by atoms with Crippen molar-refractivity contribution >= 4 is 11.4 Å². The number of para-hydroxylation sites is 1. The van der Waals surface area contributed by atoms with Crippen LogP contribution in [0.4, 0.5) is 11.4 Å². The van der Waals surface area contributed by atoms with E-state index in [4.69, 9.17) is 10.5 Å². The first-order valence-electron chi connectivity index (χ1n) is 7.02. The van der Waals surface area contributed by atoms with Gasteiger partial charge in [-0.3, -0.25) is 0 Å². The molecule has 0 radical (unpaired) electrons. The van der Waals surface area contributed by atoms with Gasteiger partial charge in [0, 0.05) is 19.0 Å². The van der Waals surface area contributed by atoms with Gasteiger partial charge in [-0.1, -0.05) is 36.4 Å². The molecule has 0 spiro atoms. The molecule has 0 bridgehead atoms. The molecule has 1 heterocycles. The molecule has 0 saturated carbocycles. The summed E-state index contributed by atoms with van der Waals surface area (Å²) in [4.78, 5) is 2.36. The van der Waals surface area contributed by atoms with Gasteiger partial charge < -0.3 is 15.4 Å². The summed E-state index contributed by atoms with van der Waals surface area (Å²) in [6, 6.07) is 16.7. The van der Waals surface area contributed by atoms with Crippen molar-refractivity contribution in [1.29, 1.82) is 0 Å². The van der Waals surface area contributed by atoms with Crippen molar-refractivity contribution in [1.82, 2.24) is 0 Å². The molecule has 1 atom stereocenters. The van der Waals surface area contributed by atoms with E-state index in [2.05, 4.69) is 41.3 Å². The van der Waals surface area contributed by atoms with E-state index in [9.17, 15) is 0 Å². The molecule has 20 heavy (non-hydrogen) atoms. The first-order chi connectivity index (χ1) is 9.79. The van der Waals surface area contributed by atoms with E-state index in [1.165, 1.54) is 12.0 Å². The van der Waals surface area contributed by atoms with Crippen LogP contribution < -0.4 is 15.4 Å². The topological polar surface area (TPSA) is 38.5 Å². The van der Waals surface area contributed by atoms with Gasteiger partial charge in [0.25, 0.3) is 0 Å². The Bertz CT molecular complexity index is 583. The first kappa shape index (κ1) is 12.9. The van der Waals surface area contributed by atoms with E-state index in [0.717, 1.165) is 30.2 Å². The zero-order valence-corrected chi connectivity index (χ0v) is 11.8. The van der Waals surface area contributed by atoms with Gasteiger partial charge in [-0.15, -0.1) is 0 Å². The molecule has 1 unspecified atom stereocenters. The number of benzene rings is 2. The van der Waals surface area contributed by atoms with Crippen LogP contribution in [0.25, 0.3) is 0 Å². The maximum Gasteiger partial charge on any atom is 0.143 e. The lowest BCUT2D eigenvalue weighted by molar-refractivity contribution is 0.417. The van der Waals surface area contributed by atoms with Crippen LogP contribution >= 0.6 is 0 Å². The fourth-order valence-corrected chi connectivity index (χ4v) is 2.96. The number of nitrogens with zero attached hydrogens (tertiary/aromatic N) is 1. The number of methoxy groups -OCH3 is 1. The molecule has 0 aromatic heterocycles. The molecule has 3 nitrogen and oxygen atoms in total. The van der Waals surface area contributed by atoms with Crippen LogP contribution in [0.15, 0.2) is 48.5 Å². The number of hydrogen-bond acceptors (Lipinski definition) is 3. The molecule has 2 N–H and O–H groups in total. The van der Waals surface area contributed by atoms with Crippen LogP contribution in [0.3, 0.4) is 0 Å². The summed E-state index contributed by atoms with van der Waals surface area (Å²) in [5, 5.41) is 0. The van der Waals surface area contributed by atoms with E-state index in [-0.39, 0.29) is 0 Å². The minimum Gasteiger partial charge on any atom is -0.495 e. The highest BCUT2D eigenvalue weighted by atomic mass is 16.5. The molecule has 0 amide bonds. The molecule has 3 rings (SSSR count). The zero-order valence-electron chi connectivity index (χ0n) is 11.8. The Balaban J connectivity index is 1.81. The van der Waals surface area contributed by atoms with Crippen LogP contribution in [0.1, 0.15) is 17.9 Å². The lowest BCUT2D eigenvalue weighted by Gasteiger charge is -2.21. The lowest BCUT2D eigenvalue weighted by Crippen LogP contribution is -2.20. The Morgan fingerprint density at radius 3 is 2.65 bits per heavy atom. The van der Waals surface area contributed by atoms with Gasteiger partial charge in [0.15, 0.2) is 0 Å². The number of anilines is 2. The molecule has 3 heteroatoms. The third kappa shape index (κ3) is 2.31. The molecule has 1 saturated heterocycles. The highest BCUT2D eigenvalue weighted by molar-refractivity contribution is 5.74. The average molecular weight is 268 g/mol. The maximum atomic E-state index is 6.19. The number of ether oxygens (including phenoxy) is 1. The molecule has 104 valence electrons. The zero-order chi connectivity index (χ0) is 13.9. The van der Waals surface area contributed by atoms with Crippen molar-refractivity contribution in [2.75, 3.05) is 30.8 Å². The fourth-order valence-electron chi connectivity index (χ4n) is 2.96. The maximum absolute atomic E-state index is 6.19. The Hall–Kier alpha value is -2.16. The molecule has 1 fully saturated rings. The van der Waals surface area contributed by atoms with Crippen LogP contribution in [-0.2, 0) is 0 Å². The summed E-state index contributed by atoms with van der Waals surface area (Å²) in [5.74, 6) is 1.34. The number of rotatable bonds is 3. The van der Waals surface area contributed by atoms with Gasteiger partial charge in [-0.25, -0.2) is 0 Å². The van der Waals surface area contributed by atoms with E-state index in [1.807, 2.05) is 12.1 Å². The molecule has 2 aromatic carbocycles. The van der Waals surface area contributed by atoms with E-state index >= 15 is 0 Å². The molecule has 0 aliphatic carbocycles. The van der Waals surface area contributed by atoms with Gasteiger partial charge in [0.05, 0.1) is 18.5 Å². The van der Waals surface area contributed by atoms with Crippen molar-refractivity contribution in [3.63, 3.8) is 0 Å². The quantitative estimate of drug-likeness (QED) is 0.868. The molecular formula is C17H20N2O. The van der Waals surface area contributed by atoms with Crippen LogP contribution in [0.5, 0.6) is 5.75 Å². The highest BCUT2D eigenvalue weighted by Gasteiger charge is 2.25. The van der Waals surface area contributed by atoms with E-state index < -0.39 is 0 Å². The summed E-state index contributed by atoms with van der Waals surface area (Å²) in [5.41, 5.74) is 9.43. The highest BCUT2D eigenvalue weighted by Crippen LogP contribution is 2.37. The summed E-state index contributed by atoms with van der Waals surface area (Å²) < 4.78 is 5.31. The standard InChI is InChI=1S/C17H20N2O/c1-20-16-9-5-8-15(17(16)18)19-11-10-14(12-19)13-6-3-2-4-7-13/h2-9,14H,10-12,18H2,1H3. The molecular weight excluding hydrogens is 248 g/mol. The summed E-state index contributed by atoms with van der Waals surface area (Å²) >= 11 is 0. The van der Waals surface area contributed by atoms with Crippen LogP contribution in [0, 0.1) is 0 Å². The smallest absolute Gasteiger partial charge is 0.143 e. The van der Waals surface area contributed by atoms with Gasteiger partial charge in [0.1, 0.15) is 5.75 Å². The lowest BCUT2D eigenvalue weighted by atomic mass is 9.99. The van der Waals surface area contributed by atoms with Crippen molar-refractivity contribution in [3.05, 3.63) is 54.1 Å². The molecule has 1 aliphatic heterocycles. The van der Waals surface area contributed by atoms with Crippen molar-refractivity contribution in [3.8, 4) is 5.75 Å². The SMILES string of the molecule is COc1cccc(N2CCC(c3ccccc3)C2)c1N. The van der Waals surface area contributed by atoms with Gasteiger partial charge in [0.2, 0.25) is 0 Å². The second-order valence-corrected chi connectivity index (χ2v) is 5.24. The van der Waals surface area contributed by atoms with Crippen molar-refractivity contribution in [2.45, 2.75) is 12.3 Å². The second kappa shape index (κ2) is 5.45. The molecule has 1 aliphatic rings. The average Bonchev–Trinajstić information content (AvgIpc) is 2.98. The minimum absolute atomic E-state index is 0.585. The van der Waals surface area contributed by atoms with Crippen LogP contribution in [0.2, 0.25) is 0 Å². The third-order valence-corrected chi connectivity index (χ3v) is 4.06. The predicted octanol–water partition coefficient (Wildman–Crippen LogP) is 3.27. The van der Waals surface area contributed by atoms with Gasteiger partial charge in [-0.2, -0.15) is 0 Å². The predicted molar refractivity (Wildman–Crippen MR) is 83.4 cm³/mol. The number of nitrogen functional groups attached to an aromatic ring is 1. The van der Waals surface area contributed by atoms with Crippen molar-refractivity contribution < 1.29 is 4.74 Å². The summed E-state index contributed by atoms with van der Waals surface area (Å²) in [6.45, 7) is 2.05. The monoisotopic (exact) mass is 268 g/mol. The molecule has 2 aromatic rings. The minimum atomic E-state index is 0.585. The van der Waals surface area contributed by atoms with E-state index in [0.29, 0.717) is 5.92 Å². The fraction of sp³-hybridized carbons (Fsp3) is 0.294. The number of nitrogens with two attached hydrogens (primary N) is 1. The van der Waals surface area contributed by atoms with E-state index in [1.54, 1.807) is 7.11 Å².